The van der Waals surface area contributed by atoms with Crippen LogP contribution in [0.25, 0.3) is 6.08 Å². The Kier molecular flexibility index (Phi) is 3.69. The van der Waals surface area contributed by atoms with Gasteiger partial charge in [-0.1, -0.05) is 84.6 Å². The average Bonchev–Trinajstić information content (AvgIpc) is 2.95. The lowest BCUT2D eigenvalue weighted by molar-refractivity contribution is 0.591. The van der Waals surface area contributed by atoms with E-state index in [2.05, 4.69) is 11.8 Å². The Balaban J connectivity index is 1.88. The van der Waals surface area contributed by atoms with Crippen molar-refractivity contribution in [2.75, 3.05) is 0 Å². The second kappa shape index (κ2) is 6.00. The highest BCUT2D eigenvalue weighted by molar-refractivity contribution is 7.83. The van der Waals surface area contributed by atoms with Gasteiger partial charge in [0.1, 0.15) is 0 Å². The van der Waals surface area contributed by atoms with Crippen LogP contribution < -0.4 is 10.6 Å². The van der Waals surface area contributed by atoms with E-state index < -0.39 is 7.14 Å². The van der Waals surface area contributed by atoms with Crippen LogP contribution in [0.1, 0.15) is 11.1 Å². The van der Waals surface area contributed by atoms with Gasteiger partial charge >= 0.3 is 0 Å². The van der Waals surface area contributed by atoms with E-state index >= 15 is 0 Å². The van der Waals surface area contributed by atoms with Gasteiger partial charge in [0.15, 0.2) is 7.14 Å². The summed E-state index contributed by atoms with van der Waals surface area (Å²) in [6, 6.07) is 27.3. The predicted octanol–water partition coefficient (Wildman–Crippen LogP) is 4.41. The van der Waals surface area contributed by atoms with E-state index in [0.29, 0.717) is 5.31 Å². The molecule has 3 aromatic rings. The average molecular weight is 326 g/mol. The first-order valence-electron chi connectivity index (χ1n) is 7.83. The zero-order valence-corrected chi connectivity index (χ0v) is 13.9. The third kappa shape index (κ3) is 2.42. The van der Waals surface area contributed by atoms with E-state index in [4.69, 9.17) is 0 Å². The molecule has 4 rings (SSSR count). The SMILES string of the molecule is O=P1(c2ccccc2)C(C#Cc2ccccc2)=Cc2ccccc21. The molecule has 0 spiro atoms. The molecule has 1 atom stereocenters. The van der Waals surface area contributed by atoms with E-state index in [-0.39, 0.29) is 0 Å². The van der Waals surface area contributed by atoms with E-state index in [1.165, 1.54) is 0 Å². The van der Waals surface area contributed by atoms with Crippen LogP contribution in [-0.2, 0) is 4.57 Å². The van der Waals surface area contributed by atoms with Crippen molar-refractivity contribution in [1.29, 1.82) is 0 Å². The van der Waals surface area contributed by atoms with Gasteiger partial charge in [0, 0.05) is 16.2 Å². The van der Waals surface area contributed by atoms with Crippen LogP contribution in [0.3, 0.4) is 0 Å². The summed E-state index contributed by atoms with van der Waals surface area (Å²) in [5.74, 6) is 6.34. The first kappa shape index (κ1) is 14.8. The van der Waals surface area contributed by atoms with Crippen LogP contribution in [0.15, 0.2) is 90.2 Å². The largest absolute Gasteiger partial charge is 0.308 e. The second-order valence-electron chi connectivity index (χ2n) is 5.65. The van der Waals surface area contributed by atoms with Crippen molar-refractivity contribution in [3.8, 4) is 11.8 Å². The predicted molar refractivity (Wildman–Crippen MR) is 101 cm³/mol. The molecule has 1 heterocycles. The molecule has 0 aromatic heterocycles. The van der Waals surface area contributed by atoms with Crippen molar-refractivity contribution in [3.05, 3.63) is 101 Å². The van der Waals surface area contributed by atoms with Crippen LogP contribution in [0.5, 0.6) is 0 Å². The number of hydrogen-bond acceptors (Lipinski definition) is 1. The maximum absolute atomic E-state index is 14.0. The number of benzene rings is 3. The normalized spacial score (nSPS) is 18.2. The molecule has 1 aliphatic heterocycles. The first-order valence-corrected chi connectivity index (χ1v) is 9.54. The van der Waals surface area contributed by atoms with Gasteiger partial charge in [-0.05, 0) is 23.8 Å². The second-order valence-corrected chi connectivity index (χ2v) is 8.35. The van der Waals surface area contributed by atoms with Gasteiger partial charge in [0.05, 0.1) is 5.31 Å². The third-order valence-electron chi connectivity index (χ3n) is 4.14. The zero-order chi connectivity index (χ0) is 16.4. The summed E-state index contributed by atoms with van der Waals surface area (Å²) in [6.45, 7) is 0. The van der Waals surface area contributed by atoms with Crippen LogP contribution >= 0.6 is 7.14 Å². The van der Waals surface area contributed by atoms with Crippen molar-refractivity contribution in [2.45, 2.75) is 0 Å². The Morgan fingerprint density at radius 3 is 2.04 bits per heavy atom. The Hall–Kier alpha value is -2.81. The van der Waals surface area contributed by atoms with Crippen LogP contribution in [-0.4, -0.2) is 0 Å². The summed E-state index contributed by atoms with van der Waals surface area (Å²) < 4.78 is 14.0. The summed E-state index contributed by atoms with van der Waals surface area (Å²) in [7, 11) is -2.87. The van der Waals surface area contributed by atoms with Crippen LogP contribution in [0, 0.1) is 11.8 Å². The number of allylic oxidation sites excluding steroid dienone is 1. The molecular weight excluding hydrogens is 311 g/mol. The van der Waals surface area contributed by atoms with E-state index in [0.717, 1.165) is 21.7 Å². The summed E-state index contributed by atoms with van der Waals surface area (Å²) in [5, 5.41) is 2.43. The van der Waals surface area contributed by atoms with Crippen LogP contribution in [0.2, 0.25) is 0 Å². The molecule has 0 saturated carbocycles. The van der Waals surface area contributed by atoms with Gasteiger partial charge in [0.25, 0.3) is 0 Å². The fourth-order valence-corrected chi connectivity index (χ4v) is 5.69. The Bertz CT molecular complexity index is 1020. The fraction of sp³-hybridized carbons (Fsp3) is 0. The molecular formula is C22H15OP. The molecule has 0 radical (unpaired) electrons. The zero-order valence-electron chi connectivity index (χ0n) is 13.0. The summed E-state index contributed by atoms with van der Waals surface area (Å²) in [6.07, 6.45) is 1.97. The maximum Gasteiger partial charge on any atom is 0.179 e. The van der Waals surface area contributed by atoms with Crippen LogP contribution in [0.4, 0.5) is 0 Å². The number of fused-ring (bicyclic) bond motifs is 1. The molecule has 114 valence electrons. The van der Waals surface area contributed by atoms with E-state index in [1.54, 1.807) is 0 Å². The maximum atomic E-state index is 14.0. The fourth-order valence-electron chi connectivity index (χ4n) is 2.95. The van der Waals surface area contributed by atoms with Crippen molar-refractivity contribution in [1.82, 2.24) is 0 Å². The Morgan fingerprint density at radius 2 is 1.29 bits per heavy atom. The van der Waals surface area contributed by atoms with Gasteiger partial charge in [0.2, 0.25) is 0 Å². The molecule has 0 bridgehead atoms. The summed E-state index contributed by atoms with van der Waals surface area (Å²) in [4.78, 5) is 0. The molecule has 0 amide bonds. The lowest BCUT2D eigenvalue weighted by Crippen LogP contribution is -2.15. The van der Waals surface area contributed by atoms with Crippen molar-refractivity contribution >= 4 is 23.8 Å². The molecule has 3 aromatic carbocycles. The minimum Gasteiger partial charge on any atom is -0.308 e. The number of hydrogen-bond donors (Lipinski definition) is 0. The summed E-state index contributed by atoms with van der Waals surface area (Å²) in [5.41, 5.74) is 1.93. The Morgan fingerprint density at radius 1 is 0.667 bits per heavy atom. The molecule has 0 saturated heterocycles. The van der Waals surface area contributed by atoms with Crippen molar-refractivity contribution in [2.24, 2.45) is 0 Å². The van der Waals surface area contributed by atoms with Gasteiger partial charge in [-0.15, -0.1) is 0 Å². The molecule has 1 nitrogen and oxygen atoms in total. The lowest BCUT2D eigenvalue weighted by Gasteiger charge is -2.15. The molecule has 1 unspecified atom stereocenters. The first-order chi connectivity index (χ1) is 11.8. The van der Waals surface area contributed by atoms with Gasteiger partial charge in [-0.25, -0.2) is 0 Å². The molecule has 0 fully saturated rings. The third-order valence-corrected chi connectivity index (χ3v) is 7.17. The highest BCUT2D eigenvalue weighted by Crippen LogP contribution is 2.56. The van der Waals surface area contributed by atoms with E-state index in [9.17, 15) is 4.57 Å². The Labute approximate surface area is 142 Å². The standard InChI is InChI=1S/C22H15OP/c23-24(20-12-5-2-6-13-20)21(16-15-18-9-3-1-4-10-18)17-19-11-7-8-14-22(19)24/h1-14,17H. The quantitative estimate of drug-likeness (QED) is 0.478. The lowest BCUT2D eigenvalue weighted by atomic mass is 10.2. The molecule has 0 aliphatic carbocycles. The monoisotopic (exact) mass is 326 g/mol. The summed E-state index contributed by atoms with van der Waals surface area (Å²) >= 11 is 0. The van der Waals surface area contributed by atoms with E-state index in [1.807, 2.05) is 91.0 Å². The molecule has 24 heavy (non-hydrogen) atoms. The van der Waals surface area contributed by atoms with Gasteiger partial charge in [-0.2, -0.15) is 0 Å². The molecule has 0 N–H and O–H groups in total. The highest BCUT2D eigenvalue weighted by atomic mass is 31.2. The van der Waals surface area contributed by atoms with Gasteiger partial charge < -0.3 is 4.57 Å². The molecule has 1 aliphatic rings. The van der Waals surface area contributed by atoms with Gasteiger partial charge in [-0.3, -0.25) is 0 Å². The molecule has 2 heteroatoms. The smallest absolute Gasteiger partial charge is 0.179 e. The highest BCUT2D eigenvalue weighted by Gasteiger charge is 2.37. The minimum absolute atomic E-state index is 0.707. The number of rotatable bonds is 1. The topological polar surface area (TPSA) is 17.1 Å². The van der Waals surface area contributed by atoms with Crippen molar-refractivity contribution < 1.29 is 4.57 Å². The minimum atomic E-state index is -2.87. The van der Waals surface area contributed by atoms with Crippen molar-refractivity contribution in [3.63, 3.8) is 0 Å².